The molecule has 5 nitrogen and oxygen atoms in total. The van der Waals surface area contributed by atoms with Gasteiger partial charge in [0.2, 0.25) is 0 Å². The molecule has 2 aromatic rings. The Hall–Kier alpha value is -1.47. The quantitative estimate of drug-likeness (QED) is 0.483. The van der Waals surface area contributed by atoms with Crippen LogP contribution >= 0.6 is 23.2 Å². The lowest BCUT2D eigenvalue weighted by Crippen LogP contribution is -2.41. The molecule has 27 heavy (non-hydrogen) atoms. The Kier molecular flexibility index (Phi) is 6.68. The van der Waals surface area contributed by atoms with Gasteiger partial charge in [0.05, 0.1) is 16.7 Å². The van der Waals surface area contributed by atoms with E-state index in [0.717, 1.165) is 0 Å². The number of nitrogen functional groups attached to an aromatic ring is 1. The average Bonchev–Trinajstić information content (AvgIpc) is 2.52. The summed E-state index contributed by atoms with van der Waals surface area (Å²) in [6, 6.07) is 6.15. The number of nitrogens with two attached hydrogens (primary N) is 1. The minimum absolute atomic E-state index is 0.117. The third kappa shape index (κ3) is 5.51. The molecule has 0 unspecified atom stereocenters. The highest BCUT2D eigenvalue weighted by molar-refractivity contribution is 6.74. The molecule has 0 fully saturated rings. The smallest absolute Gasteiger partial charge is 0.250 e. The van der Waals surface area contributed by atoms with Gasteiger partial charge in [-0.05, 0) is 36.3 Å². The van der Waals surface area contributed by atoms with E-state index in [1.165, 1.54) is 6.07 Å². The van der Waals surface area contributed by atoms with Crippen molar-refractivity contribution in [3.63, 3.8) is 0 Å². The van der Waals surface area contributed by atoms with Crippen LogP contribution in [0.1, 0.15) is 20.8 Å². The highest BCUT2D eigenvalue weighted by atomic mass is 35.5. The van der Waals surface area contributed by atoms with Crippen molar-refractivity contribution in [2.75, 3.05) is 12.3 Å². The molecule has 2 N–H and O–H groups in total. The van der Waals surface area contributed by atoms with Gasteiger partial charge in [-0.25, -0.2) is 0 Å². The van der Waals surface area contributed by atoms with Crippen LogP contribution in [-0.4, -0.2) is 19.5 Å². The van der Waals surface area contributed by atoms with Crippen LogP contribution in [0.4, 0.5) is 5.69 Å². The third-order valence-electron chi connectivity index (χ3n) is 4.80. The first-order valence-corrected chi connectivity index (χ1v) is 12.3. The van der Waals surface area contributed by atoms with Crippen molar-refractivity contribution in [3.8, 4) is 11.5 Å². The Balaban J connectivity index is 2.14. The van der Waals surface area contributed by atoms with Crippen molar-refractivity contribution >= 4 is 37.2 Å². The number of aromatic nitrogens is 1. The Labute approximate surface area is 171 Å². The molecule has 0 radical (unpaired) electrons. The monoisotopic (exact) mass is 428 g/mol. The maximum atomic E-state index is 12.1. The SMILES string of the molecule is CC(C)(C)[Si](C)(C)OCCn1cc(Oc2c(Cl)cc(N)cc2Cl)ccc1=O. The summed E-state index contributed by atoms with van der Waals surface area (Å²) in [6.45, 7) is 11.8. The fraction of sp³-hybridized carbons (Fsp3) is 0.421. The van der Waals surface area contributed by atoms with Crippen LogP contribution in [0.5, 0.6) is 11.5 Å². The van der Waals surface area contributed by atoms with Gasteiger partial charge in [0, 0.05) is 24.5 Å². The maximum absolute atomic E-state index is 12.1. The first kappa shape index (κ1) is 21.8. The van der Waals surface area contributed by atoms with Crippen LogP contribution in [0.3, 0.4) is 0 Å². The van der Waals surface area contributed by atoms with E-state index in [9.17, 15) is 4.79 Å². The molecule has 0 saturated carbocycles. The number of ether oxygens (including phenoxy) is 1. The van der Waals surface area contributed by atoms with E-state index >= 15 is 0 Å². The second kappa shape index (κ2) is 8.27. The number of anilines is 1. The zero-order valence-corrected chi connectivity index (χ0v) is 18.8. The molecule has 1 aromatic carbocycles. The summed E-state index contributed by atoms with van der Waals surface area (Å²) < 4.78 is 13.5. The fourth-order valence-corrected chi connectivity index (χ4v) is 3.77. The lowest BCUT2D eigenvalue weighted by Gasteiger charge is -2.36. The summed E-state index contributed by atoms with van der Waals surface area (Å²) in [5.41, 5.74) is 6.03. The van der Waals surface area contributed by atoms with Crippen molar-refractivity contribution in [2.24, 2.45) is 0 Å². The van der Waals surface area contributed by atoms with E-state index in [0.29, 0.717) is 40.4 Å². The Bertz CT molecular complexity index is 853. The first-order chi connectivity index (χ1) is 12.4. The molecule has 1 aromatic heterocycles. The van der Waals surface area contributed by atoms with Crippen LogP contribution in [-0.2, 0) is 11.0 Å². The summed E-state index contributed by atoms with van der Waals surface area (Å²) >= 11 is 12.3. The Morgan fingerprint density at radius 1 is 1.15 bits per heavy atom. The minimum Gasteiger partial charge on any atom is -0.453 e. The summed E-state index contributed by atoms with van der Waals surface area (Å²) in [4.78, 5) is 12.1. The van der Waals surface area contributed by atoms with Crippen LogP contribution in [0, 0.1) is 0 Å². The predicted octanol–water partition coefficient (Wildman–Crippen LogP) is 5.55. The van der Waals surface area contributed by atoms with E-state index in [1.54, 1.807) is 29.0 Å². The van der Waals surface area contributed by atoms with Crippen LogP contribution in [0.15, 0.2) is 35.3 Å². The van der Waals surface area contributed by atoms with Crippen molar-refractivity contribution in [1.82, 2.24) is 4.57 Å². The zero-order chi connectivity index (χ0) is 20.4. The third-order valence-corrected chi connectivity index (χ3v) is 9.90. The van der Waals surface area contributed by atoms with Crippen LogP contribution in [0.25, 0.3) is 0 Å². The second-order valence-corrected chi connectivity index (χ2v) is 13.5. The second-order valence-electron chi connectivity index (χ2n) is 7.92. The summed E-state index contributed by atoms with van der Waals surface area (Å²) in [6.07, 6.45) is 1.63. The lowest BCUT2D eigenvalue weighted by atomic mass is 10.2. The summed E-state index contributed by atoms with van der Waals surface area (Å²) in [7, 11) is -1.86. The van der Waals surface area contributed by atoms with Gasteiger partial charge in [0.1, 0.15) is 5.75 Å². The van der Waals surface area contributed by atoms with E-state index in [2.05, 4.69) is 33.9 Å². The minimum atomic E-state index is -1.86. The number of rotatable bonds is 6. The average molecular weight is 429 g/mol. The molecule has 0 aliphatic rings. The van der Waals surface area contributed by atoms with Crippen molar-refractivity contribution in [3.05, 3.63) is 50.9 Å². The normalized spacial score (nSPS) is 12.3. The molecule has 0 atom stereocenters. The molecule has 8 heteroatoms. The molecule has 0 aliphatic heterocycles. The lowest BCUT2D eigenvalue weighted by molar-refractivity contribution is 0.269. The highest BCUT2D eigenvalue weighted by Gasteiger charge is 2.36. The molecule has 0 spiro atoms. The topological polar surface area (TPSA) is 66.5 Å². The summed E-state index contributed by atoms with van der Waals surface area (Å²) in [5, 5.41) is 0.726. The molecule has 148 valence electrons. The van der Waals surface area contributed by atoms with Crippen LogP contribution in [0.2, 0.25) is 28.2 Å². The van der Waals surface area contributed by atoms with Gasteiger partial charge < -0.3 is 19.5 Å². The number of halogens is 2. The summed E-state index contributed by atoms with van der Waals surface area (Å²) in [5.74, 6) is 0.755. The van der Waals surface area contributed by atoms with Gasteiger partial charge in [-0.3, -0.25) is 4.79 Å². The van der Waals surface area contributed by atoms with Crippen molar-refractivity contribution in [2.45, 2.75) is 45.4 Å². The fourth-order valence-electron chi connectivity index (χ4n) is 2.16. The zero-order valence-electron chi connectivity index (χ0n) is 16.3. The van der Waals surface area contributed by atoms with E-state index in [-0.39, 0.29) is 10.6 Å². The number of pyridine rings is 1. The first-order valence-electron chi connectivity index (χ1n) is 8.67. The highest BCUT2D eigenvalue weighted by Crippen LogP contribution is 2.38. The van der Waals surface area contributed by atoms with E-state index in [4.69, 9.17) is 38.1 Å². The van der Waals surface area contributed by atoms with Crippen molar-refractivity contribution < 1.29 is 9.16 Å². The van der Waals surface area contributed by atoms with Crippen molar-refractivity contribution in [1.29, 1.82) is 0 Å². The van der Waals surface area contributed by atoms with E-state index < -0.39 is 8.32 Å². The largest absolute Gasteiger partial charge is 0.453 e. The molecule has 0 amide bonds. The number of hydrogen-bond donors (Lipinski definition) is 1. The van der Waals surface area contributed by atoms with Gasteiger partial charge in [0.15, 0.2) is 14.1 Å². The molecular weight excluding hydrogens is 403 g/mol. The standard InChI is InChI=1S/C19H26Cl2N2O3Si/c1-19(2,3)27(4,5)25-9-8-23-12-14(6-7-17(23)24)26-18-15(20)10-13(22)11-16(18)21/h6-7,10-12H,8-9,22H2,1-5H3. The van der Waals surface area contributed by atoms with E-state index in [1.807, 2.05) is 0 Å². The molecular formula is C19H26Cl2N2O3Si. The van der Waals surface area contributed by atoms with Gasteiger partial charge >= 0.3 is 0 Å². The van der Waals surface area contributed by atoms with Gasteiger partial charge in [-0.2, -0.15) is 0 Å². The Morgan fingerprint density at radius 2 is 1.74 bits per heavy atom. The maximum Gasteiger partial charge on any atom is 0.250 e. The van der Waals surface area contributed by atoms with Gasteiger partial charge in [-0.15, -0.1) is 0 Å². The predicted molar refractivity (Wildman–Crippen MR) is 115 cm³/mol. The molecule has 1 heterocycles. The molecule has 0 saturated heterocycles. The van der Waals surface area contributed by atoms with Gasteiger partial charge in [-0.1, -0.05) is 44.0 Å². The number of benzene rings is 1. The van der Waals surface area contributed by atoms with Crippen LogP contribution < -0.4 is 16.0 Å². The molecule has 2 rings (SSSR count). The number of nitrogens with zero attached hydrogens (tertiary/aromatic N) is 1. The molecule has 0 bridgehead atoms. The Morgan fingerprint density at radius 3 is 2.30 bits per heavy atom. The van der Waals surface area contributed by atoms with Gasteiger partial charge in [0.25, 0.3) is 5.56 Å². The molecule has 0 aliphatic carbocycles. The number of hydrogen-bond acceptors (Lipinski definition) is 4.